The lowest BCUT2D eigenvalue weighted by atomic mass is 10.1. The number of nitrogens with zero attached hydrogens (tertiary/aromatic N) is 1. The van der Waals surface area contributed by atoms with Crippen LogP contribution in [0, 0.1) is 5.92 Å². The molecule has 1 unspecified atom stereocenters. The molecular formula is C13H28N2S. The summed E-state index contributed by atoms with van der Waals surface area (Å²) in [6.07, 6.45) is 2.65. The lowest BCUT2D eigenvalue weighted by Crippen LogP contribution is -2.46. The molecule has 96 valence electrons. The van der Waals surface area contributed by atoms with E-state index in [1.165, 1.54) is 44.0 Å². The second-order valence-corrected chi connectivity index (χ2v) is 6.37. The Morgan fingerprint density at radius 1 is 1.19 bits per heavy atom. The quantitative estimate of drug-likeness (QED) is 0.740. The first-order chi connectivity index (χ1) is 7.74. The Labute approximate surface area is 106 Å². The van der Waals surface area contributed by atoms with Crippen LogP contribution in [0.15, 0.2) is 0 Å². The minimum absolute atomic E-state index is 0.763. The molecule has 0 aliphatic carbocycles. The molecule has 1 rings (SSSR count). The zero-order valence-electron chi connectivity index (χ0n) is 11.2. The van der Waals surface area contributed by atoms with Gasteiger partial charge in [-0.15, -0.1) is 0 Å². The zero-order valence-corrected chi connectivity index (χ0v) is 12.0. The monoisotopic (exact) mass is 244 g/mol. The largest absolute Gasteiger partial charge is 0.315 e. The molecule has 0 saturated carbocycles. The number of hydrogen-bond acceptors (Lipinski definition) is 3. The maximum atomic E-state index is 3.62. The maximum Gasteiger partial charge on any atom is 0.0221 e. The highest BCUT2D eigenvalue weighted by Gasteiger charge is 2.19. The lowest BCUT2D eigenvalue weighted by Gasteiger charge is -2.34. The molecule has 1 aliphatic heterocycles. The average Bonchev–Trinajstić information content (AvgIpc) is 2.29. The summed E-state index contributed by atoms with van der Waals surface area (Å²) >= 11 is 2.10. The Morgan fingerprint density at radius 3 is 2.44 bits per heavy atom. The molecule has 0 spiro atoms. The molecule has 0 radical (unpaired) electrons. The minimum atomic E-state index is 0.763. The van der Waals surface area contributed by atoms with E-state index in [4.69, 9.17) is 0 Å². The Balaban J connectivity index is 2.27. The van der Waals surface area contributed by atoms with Crippen molar-refractivity contribution in [3.8, 4) is 0 Å². The highest BCUT2D eigenvalue weighted by molar-refractivity contribution is 7.99. The van der Waals surface area contributed by atoms with E-state index in [-0.39, 0.29) is 0 Å². The first kappa shape index (κ1) is 14.3. The van der Waals surface area contributed by atoms with Crippen LogP contribution in [0.5, 0.6) is 0 Å². The van der Waals surface area contributed by atoms with Crippen LogP contribution in [-0.2, 0) is 0 Å². The fourth-order valence-corrected chi connectivity index (χ4v) is 3.16. The van der Waals surface area contributed by atoms with Crippen molar-refractivity contribution in [1.29, 1.82) is 0 Å². The van der Waals surface area contributed by atoms with Crippen molar-refractivity contribution in [2.75, 3.05) is 37.7 Å². The van der Waals surface area contributed by atoms with Gasteiger partial charge in [0, 0.05) is 37.2 Å². The fourth-order valence-electron chi connectivity index (χ4n) is 2.23. The van der Waals surface area contributed by atoms with Gasteiger partial charge >= 0.3 is 0 Å². The second kappa shape index (κ2) is 8.37. The van der Waals surface area contributed by atoms with Gasteiger partial charge in [-0.05, 0) is 18.9 Å². The molecule has 0 bridgehead atoms. The molecule has 1 saturated heterocycles. The zero-order chi connectivity index (χ0) is 11.8. The Bertz CT molecular complexity index is 167. The summed E-state index contributed by atoms with van der Waals surface area (Å²) < 4.78 is 0. The van der Waals surface area contributed by atoms with E-state index in [0.717, 1.165) is 18.5 Å². The summed E-state index contributed by atoms with van der Waals surface area (Å²) in [6.45, 7) is 11.8. The van der Waals surface area contributed by atoms with Gasteiger partial charge in [0.1, 0.15) is 0 Å². The van der Waals surface area contributed by atoms with Crippen LogP contribution in [0.4, 0.5) is 0 Å². The van der Waals surface area contributed by atoms with Gasteiger partial charge in [-0.3, -0.25) is 4.90 Å². The summed E-state index contributed by atoms with van der Waals surface area (Å²) in [7, 11) is 0. The third kappa shape index (κ3) is 5.55. The Hall–Kier alpha value is 0.270. The van der Waals surface area contributed by atoms with Crippen molar-refractivity contribution < 1.29 is 0 Å². The second-order valence-electron chi connectivity index (χ2n) is 5.14. The number of rotatable bonds is 7. The third-order valence-corrected chi connectivity index (χ3v) is 4.06. The molecule has 1 N–H and O–H groups in total. The van der Waals surface area contributed by atoms with Crippen molar-refractivity contribution in [3.05, 3.63) is 0 Å². The van der Waals surface area contributed by atoms with Crippen molar-refractivity contribution in [2.45, 2.75) is 39.7 Å². The van der Waals surface area contributed by atoms with E-state index in [0.29, 0.717) is 0 Å². The molecule has 1 aliphatic rings. The molecule has 0 aromatic rings. The summed E-state index contributed by atoms with van der Waals surface area (Å²) in [5.41, 5.74) is 0. The first-order valence-electron chi connectivity index (χ1n) is 6.76. The smallest absolute Gasteiger partial charge is 0.0221 e. The van der Waals surface area contributed by atoms with Crippen LogP contribution in [0.25, 0.3) is 0 Å². The van der Waals surface area contributed by atoms with Crippen LogP contribution in [0.2, 0.25) is 0 Å². The summed E-state index contributed by atoms with van der Waals surface area (Å²) in [4.78, 5) is 2.69. The number of hydrogen-bond donors (Lipinski definition) is 1. The van der Waals surface area contributed by atoms with Crippen LogP contribution in [0.3, 0.4) is 0 Å². The molecule has 2 nitrogen and oxygen atoms in total. The highest BCUT2D eigenvalue weighted by Crippen LogP contribution is 2.14. The van der Waals surface area contributed by atoms with Crippen LogP contribution < -0.4 is 5.32 Å². The maximum absolute atomic E-state index is 3.62. The standard InChI is InChI=1S/C13H28N2S/c1-4-5-13(11-14-10-12(2)3)15-6-8-16-9-7-15/h12-14H,4-11H2,1-3H3. The topological polar surface area (TPSA) is 15.3 Å². The van der Waals surface area contributed by atoms with Crippen molar-refractivity contribution in [3.63, 3.8) is 0 Å². The molecular weight excluding hydrogens is 216 g/mol. The molecule has 1 fully saturated rings. The number of nitrogens with one attached hydrogen (secondary N) is 1. The normalized spacial score (nSPS) is 20.2. The van der Waals surface area contributed by atoms with Gasteiger partial charge in [0.05, 0.1) is 0 Å². The van der Waals surface area contributed by atoms with Crippen LogP contribution >= 0.6 is 11.8 Å². The SMILES string of the molecule is CCCC(CNCC(C)C)N1CCSCC1. The van der Waals surface area contributed by atoms with Crippen molar-refractivity contribution >= 4 is 11.8 Å². The molecule has 1 atom stereocenters. The molecule has 16 heavy (non-hydrogen) atoms. The van der Waals surface area contributed by atoms with Gasteiger partial charge in [-0.1, -0.05) is 27.2 Å². The summed E-state index contributed by atoms with van der Waals surface area (Å²) in [5, 5.41) is 3.62. The van der Waals surface area contributed by atoms with E-state index in [2.05, 4.69) is 42.7 Å². The van der Waals surface area contributed by atoms with Gasteiger partial charge < -0.3 is 5.32 Å². The van der Waals surface area contributed by atoms with E-state index < -0.39 is 0 Å². The van der Waals surface area contributed by atoms with E-state index >= 15 is 0 Å². The summed E-state index contributed by atoms with van der Waals surface area (Å²) in [6, 6.07) is 0.768. The summed E-state index contributed by atoms with van der Waals surface area (Å²) in [5.74, 6) is 3.41. The lowest BCUT2D eigenvalue weighted by molar-refractivity contribution is 0.198. The first-order valence-corrected chi connectivity index (χ1v) is 7.92. The van der Waals surface area contributed by atoms with E-state index in [9.17, 15) is 0 Å². The highest BCUT2D eigenvalue weighted by atomic mass is 32.2. The van der Waals surface area contributed by atoms with Gasteiger partial charge in [0.15, 0.2) is 0 Å². The van der Waals surface area contributed by atoms with E-state index in [1.54, 1.807) is 0 Å². The van der Waals surface area contributed by atoms with Crippen molar-refractivity contribution in [1.82, 2.24) is 10.2 Å². The van der Waals surface area contributed by atoms with Crippen LogP contribution in [0.1, 0.15) is 33.6 Å². The van der Waals surface area contributed by atoms with Gasteiger partial charge in [0.2, 0.25) is 0 Å². The molecule has 1 heterocycles. The molecule has 0 aromatic heterocycles. The predicted molar refractivity (Wildman–Crippen MR) is 75.3 cm³/mol. The third-order valence-electron chi connectivity index (χ3n) is 3.12. The average molecular weight is 244 g/mol. The molecule has 0 amide bonds. The fraction of sp³-hybridized carbons (Fsp3) is 1.00. The van der Waals surface area contributed by atoms with Gasteiger partial charge in [-0.2, -0.15) is 11.8 Å². The van der Waals surface area contributed by atoms with Crippen LogP contribution in [-0.4, -0.2) is 48.6 Å². The van der Waals surface area contributed by atoms with Gasteiger partial charge in [-0.25, -0.2) is 0 Å². The predicted octanol–water partition coefficient (Wildman–Crippen LogP) is 2.45. The Kier molecular flexibility index (Phi) is 7.50. The number of thioether (sulfide) groups is 1. The van der Waals surface area contributed by atoms with E-state index in [1.807, 2.05) is 0 Å². The Morgan fingerprint density at radius 2 is 1.88 bits per heavy atom. The van der Waals surface area contributed by atoms with Gasteiger partial charge in [0.25, 0.3) is 0 Å². The molecule has 3 heteroatoms. The van der Waals surface area contributed by atoms with Crippen molar-refractivity contribution in [2.24, 2.45) is 5.92 Å². The molecule has 0 aromatic carbocycles. The minimum Gasteiger partial charge on any atom is -0.315 e.